The standard InChI is InChI=1S/C19H27N3O2/c23-17(3-8-19-6-1-14(11-19)2-7-19)18(24)22-9-4-15(5-10-22)16-12-20-13-21-16/h12-15H,1-11H2,(H,20,21). The molecule has 1 aromatic rings. The lowest BCUT2D eigenvalue weighted by Crippen LogP contribution is -2.42. The number of hydrogen-bond acceptors (Lipinski definition) is 3. The molecule has 1 aliphatic heterocycles. The van der Waals surface area contributed by atoms with Gasteiger partial charge in [-0.1, -0.05) is 0 Å². The van der Waals surface area contributed by atoms with Gasteiger partial charge in [0.2, 0.25) is 5.78 Å². The first-order chi connectivity index (χ1) is 11.7. The number of fused-ring (bicyclic) bond motifs is 2. The van der Waals surface area contributed by atoms with Gasteiger partial charge in [-0.25, -0.2) is 4.98 Å². The number of amides is 1. The van der Waals surface area contributed by atoms with Crippen LogP contribution < -0.4 is 0 Å². The molecule has 0 spiro atoms. The molecule has 3 fully saturated rings. The first-order valence-corrected chi connectivity index (χ1v) is 9.46. The Morgan fingerprint density at radius 3 is 2.54 bits per heavy atom. The first-order valence-electron chi connectivity index (χ1n) is 9.46. The number of hydrogen-bond donors (Lipinski definition) is 1. The van der Waals surface area contributed by atoms with Crippen LogP contribution in [-0.2, 0) is 9.59 Å². The third-order valence-corrected chi connectivity index (χ3v) is 6.73. The van der Waals surface area contributed by atoms with Crippen LogP contribution in [0.3, 0.4) is 0 Å². The molecule has 4 rings (SSSR count). The predicted molar refractivity (Wildman–Crippen MR) is 90.4 cm³/mol. The quantitative estimate of drug-likeness (QED) is 0.844. The number of piperidine rings is 1. The van der Waals surface area contributed by atoms with Gasteiger partial charge in [-0.3, -0.25) is 9.59 Å². The highest BCUT2D eigenvalue weighted by Crippen LogP contribution is 2.56. The monoisotopic (exact) mass is 329 g/mol. The average Bonchev–Trinajstić information content (AvgIpc) is 3.36. The van der Waals surface area contributed by atoms with Gasteiger partial charge in [0, 0.05) is 31.6 Å². The second kappa shape index (κ2) is 6.34. The van der Waals surface area contributed by atoms with E-state index in [0.29, 0.717) is 30.8 Å². The summed E-state index contributed by atoms with van der Waals surface area (Å²) < 4.78 is 0. The van der Waals surface area contributed by atoms with Gasteiger partial charge in [0.1, 0.15) is 0 Å². The Labute approximate surface area is 143 Å². The molecule has 3 aliphatic rings. The number of carbonyl (C=O) groups is 2. The van der Waals surface area contributed by atoms with Crippen molar-refractivity contribution in [3.63, 3.8) is 0 Å². The van der Waals surface area contributed by atoms with E-state index in [2.05, 4.69) is 9.97 Å². The Morgan fingerprint density at radius 1 is 1.21 bits per heavy atom. The van der Waals surface area contributed by atoms with Crippen molar-refractivity contribution < 1.29 is 9.59 Å². The van der Waals surface area contributed by atoms with Crippen molar-refractivity contribution in [1.29, 1.82) is 0 Å². The van der Waals surface area contributed by atoms with Gasteiger partial charge >= 0.3 is 0 Å². The van der Waals surface area contributed by atoms with Crippen molar-refractivity contribution in [2.24, 2.45) is 11.3 Å². The Kier molecular flexibility index (Phi) is 4.19. The normalized spacial score (nSPS) is 30.0. The third kappa shape index (κ3) is 3.01. The molecule has 5 heteroatoms. The number of nitrogens with one attached hydrogen (secondary N) is 1. The largest absolute Gasteiger partial charge is 0.351 e. The van der Waals surface area contributed by atoms with Crippen LogP contribution in [0.5, 0.6) is 0 Å². The number of imidazole rings is 1. The van der Waals surface area contributed by atoms with Crippen LogP contribution >= 0.6 is 0 Å². The van der Waals surface area contributed by atoms with Gasteiger partial charge in [0.15, 0.2) is 0 Å². The van der Waals surface area contributed by atoms with Gasteiger partial charge in [-0.05, 0) is 62.7 Å². The fourth-order valence-corrected chi connectivity index (χ4v) is 5.20. The maximum Gasteiger partial charge on any atom is 0.289 e. The molecule has 0 unspecified atom stereocenters. The van der Waals surface area contributed by atoms with Gasteiger partial charge in [0.05, 0.1) is 12.0 Å². The van der Waals surface area contributed by atoms with Crippen molar-refractivity contribution in [1.82, 2.24) is 14.9 Å². The molecular weight excluding hydrogens is 302 g/mol. The van der Waals surface area contributed by atoms with E-state index in [0.717, 1.165) is 30.9 Å². The number of Topliss-reactive ketones (excluding diaryl/α,β-unsaturated/α-hetero) is 1. The molecule has 1 N–H and O–H groups in total. The smallest absolute Gasteiger partial charge is 0.289 e. The van der Waals surface area contributed by atoms with Crippen molar-refractivity contribution in [2.75, 3.05) is 13.1 Å². The summed E-state index contributed by atoms with van der Waals surface area (Å²) in [5.41, 5.74) is 1.47. The van der Waals surface area contributed by atoms with E-state index in [1.54, 1.807) is 11.2 Å². The van der Waals surface area contributed by atoms with E-state index in [1.807, 2.05) is 6.20 Å². The highest BCUT2D eigenvalue weighted by Gasteiger charge is 2.44. The first kappa shape index (κ1) is 15.9. The Morgan fingerprint density at radius 2 is 1.96 bits per heavy atom. The van der Waals surface area contributed by atoms with Gasteiger partial charge in [-0.15, -0.1) is 0 Å². The Balaban J connectivity index is 1.26. The molecule has 2 bridgehead atoms. The van der Waals surface area contributed by atoms with Crippen LogP contribution in [0.1, 0.15) is 69.4 Å². The number of carbonyl (C=O) groups excluding carboxylic acids is 2. The average molecular weight is 329 g/mol. The second-order valence-electron chi connectivity index (χ2n) is 8.13. The zero-order valence-electron chi connectivity index (χ0n) is 14.3. The second-order valence-corrected chi connectivity index (χ2v) is 8.13. The van der Waals surface area contributed by atoms with Crippen molar-refractivity contribution in [2.45, 2.75) is 63.7 Å². The molecule has 130 valence electrons. The molecule has 2 aliphatic carbocycles. The molecule has 0 radical (unpaired) electrons. The van der Waals surface area contributed by atoms with E-state index < -0.39 is 0 Å². The summed E-state index contributed by atoms with van der Waals surface area (Å²) in [6.45, 7) is 1.35. The van der Waals surface area contributed by atoms with Gasteiger partial charge < -0.3 is 9.88 Å². The fourth-order valence-electron chi connectivity index (χ4n) is 5.20. The highest BCUT2D eigenvalue weighted by molar-refractivity contribution is 6.36. The summed E-state index contributed by atoms with van der Waals surface area (Å²) >= 11 is 0. The topological polar surface area (TPSA) is 66.1 Å². The Hall–Kier alpha value is -1.65. The summed E-state index contributed by atoms with van der Waals surface area (Å²) in [4.78, 5) is 33.9. The zero-order valence-corrected chi connectivity index (χ0v) is 14.3. The summed E-state index contributed by atoms with van der Waals surface area (Å²) in [5, 5.41) is 0. The number of ketones is 1. The number of aromatic nitrogens is 2. The number of nitrogens with zero attached hydrogens (tertiary/aromatic N) is 2. The number of likely N-dealkylation sites (tertiary alicyclic amines) is 1. The zero-order chi connectivity index (χ0) is 16.6. The third-order valence-electron chi connectivity index (χ3n) is 6.73. The summed E-state index contributed by atoms with van der Waals surface area (Å²) in [6.07, 6.45) is 13.3. The lowest BCUT2D eigenvalue weighted by Gasteiger charge is -2.31. The van der Waals surface area contributed by atoms with E-state index in [4.69, 9.17) is 0 Å². The van der Waals surface area contributed by atoms with Crippen molar-refractivity contribution >= 4 is 11.7 Å². The molecule has 1 saturated heterocycles. The molecule has 2 saturated carbocycles. The Bertz CT molecular complexity index is 594. The van der Waals surface area contributed by atoms with E-state index in [1.165, 1.54) is 32.1 Å². The van der Waals surface area contributed by atoms with Gasteiger partial charge in [0.25, 0.3) is 5.91 Å². The predicted octanol–water partition coefficient (Wildman–Crippen LogP) is 3.05. The maximum atomic E-state index is 12.5. The number of rotatable bonds is 5. The van der Waals surface area contributed by atoms with Crippen LogP contribution in [0.4, 0.5) is 0 Å². The fraction of sp³-hybridized carbons (Fsp3) is 0.737. The van der Waals surface area contributed by atoms with Crippen molar-refractivity contribution in [3.8, 4) is 0 Å². The molecule has 0 aromatic carbocycles. The minimum Gasteiger partial charge on any atom is -0.351 e. The minimum atomic E-state index is -0.251. The van der Waals surface area contributed by atoms with Crippen LogP contribution in [-0.4, -0.2) is 39.6 Å². The summed E-state index contributed by atoms with van der Waals surface area (Å²) in [5.74, 6) is 0.887. The van der Waals surface area contributed by atoms with Crippen LogP contribution in [0.25, 0.3) is 0 Å². The number of aromatic amines is 1. The molecule has 24 heavy (non-hydrogen) atoms. The molecular formula is C19H27N3O2. The lowest BCUT2D eigenvalue weighted by molar-refractivity contribution is -0.145. The van der Waals surface area contributed by atoms with Crippen molar-refractivity contribution in [3.05, 3.63) is 18.2 Å². The molecule has 2 heterocycles. The maximum absolute atomic E-state index is 12.5. The van der Waals surface area contributed by atoms with E-state index in [9.17, 15) is 9.59 Å². The van der Waals surface area contributed by atoms with Crippen LogP contribution in [0.2, 0.25) is 0 Å². The van der Waals surface area contributed by atoms with Gasteiger partial charge in [-0.2, -0.15) is 0 Å². The summed E-state index contributed by atoms with van der Waals surface area (Å²) in [7, 11) is 0. The molecule has 0 atom stereocenters. The lowest BCUT2D eigenvalue weighted by atomic mass is 9.79. The van der Waals surface area contributed by atoms with E-state index >= 15 is 0 Å². The van der Waals surface area contributed by atoms with E-state index in [-0.39, 0.29) is 11.7 Å². The SMILES string of the molecule is O=C(CCC12CCC(CC1)C2)C(=O)N1CCC(c2c[nH]cn2)CC1. The number of H-pyrrole nitrogens is 1. The minimum absolute atomic E-state index is 0.169. The highest BCUT2D eigenvalue weighted by atomic mass is 16.2. The summed E-state index contributed by atoms with van der Waals surface area (Å²) in [6, 6.07) is 0. The van der Waals surface area contributed by atoms with Crippen LogP contribution in [0.15, 0.2) is 12.5 Å². The van der Waals surface area contributed by atoms with Crippen LogP contribution in [0, 0.1) is 11.3 Å². The molecule has 1 aromatic heterocycles. The molecule has 5 nitrogen and oxygen atoms in total. The molecule has 1 amide bonds.